The van der Waals surface area contributed by atoms with E-state index in [4.69, 9.17) is 37.6 Å². The number of carboxylic acids is 1. The van der Waals surface area contributed by atoms with E-state index in [2.05, 4.69) is 16.2 Å². The van der Waals surface area contributed by atoms with Gasteiger partial charge < -0.3 is 14.4 Å². The number of allylic oxidation sites excluding steroid dienone is 1. The fourth-order valence-corrected chi connectivity index (χ4v) is 6.63. The van der Waals surface area contributed by atoms with Gasteiger partial charge in [-0.05, 0) is 68.4 Å². The molecule has 0 atom stereocenters. The van der Waals surface area contributed by atoms with Crippen molar-refractivity contribution in [2.45, 2.75) is 75.9 Å². The van der Waals surface area contributed by atoms with Crippen molar-refractivity contribution in [3.05, 3.63) is 75.0 Å². The first-order chi connectivity index (χ1) is 18.8. The van der Waals surface area contributed by atoms with Crippen LogP contribution in [-0.4, -0.2) is 26.8 Å². The van der Waals surface area contributed by atoms with Crippen molar-refractivity contribution in [3.8, 4) is 11.3 Å². The normalized spacial score (nSPS) is 24.5. The average molecular weight is 571 g/mol. The lowest BCUT2D eigenvalue weighted by Gasteiger charge is -2.52. The van der Waals surface area contributed by atoms with E-state index in [1.54, 1.807) is 24.5 Å². The number of halogens is 3. The van der Waals surface area contributed by atoms with Crippen LogP contribution >= 0.6 is 23.2 Å². The second-order valence-electron chi connectivity index (χ2n) is 11.2. The van der Waals surface area contributed by atoms with Crippen LogP contribution in [0.3, 0.4) is 0 Å². The molecule has 1 aromatic carbocycles. The van der Waals surface area contributed by atoms with Crippen molar-refractivity contribution in [1.82, 2.24) is 10.1 Å². The molecule has 39 heavy (non-hydrogen) atoms. The summed E-state index contributed by atoms with van der Waals surface area (Å²) in [5, 5.41) is 14.2. The average Bonchev–Trinajstić information content (AvgIpc) is 3.68. The Morgan fingerprint density at radius 1 is 1.13 bits per heavy atom. The molecule has 7 rings (SSSR count). The molecule has 0 radical (unpaired) electrons. The van der Waals surface area contributed by atoms with Crippen LogP contribution in [-0.2, 0) is 22.6 Å². The fourth-order valence-electron chi connectivity index (χ4n) is 6.09. The predicted molar refractivity (Wildman–Crippen MR) is 146 cm³/mol. The first-order valence-electron chi connectivity index (χ1n) is 13.4. The van der Waals surface area contributed by atoms with Crippen LogP contribution in [0, 0.1) is 11.2 Å². The summed E-state index contributed by atoms with van der Waals surface area (Å²) in [5.74, 6) is -0.141. The Hall–Kier alpha value is -2.74. The SMILES string of the molecule is O=C(O)Cc1ccc(/C=C/C23CCC(OCc4c(-c5c(Cl)cncc5Cl)noc4C4CC4)(CC2)CC3)c(F)c1. The summed E-state index contributed by atoms with van der Waals surface area (Å²) in [7, 11) is 0. The topological polar surface area (TPSA) is 85.5 Å². The number of carboxylic acid groups (broad SMARTS) is 1. The maximum atomic E-state index is 14.6. The third kappa shape index (κ3) is 5.37. The van der Waals surface area contributed by atoms with Gasteiger partial charge in [-0.3, -0.25) is 9.78 Å². The molecule has 2 aromatic heterocycles. The van der Waals surface area contributed by atoms with Crippen LogP contribution in [0.1, 0.15) is 79.7 Å². The molecular weight excluding hydrogens is 542 g/mol. The zero-order valence-electron chi connectivity index (χ0n) is 21.4. The molecular formula is C30H29Cl2FN2O4. The molecule has 3 aromatic rings. The van der Waals surface area contributed by atoms with E-state index in [0.717, 1.165) is 62.7 Å². The van der Waals surface area contributed by atoms with E-state index < -0.39 is 11.8 Å². The van der Waals surface area contributed by atoms with E-state index in [1.807, 2.05) is 6.08 Å². The van der Waals surface area contributed by atoms with Gasteiger partial charge in [0.1, 0.15) is 17.3 Å². The summed E-state index contributed by atoms with van der Waals surface area (Å²) in [6.07, 6.45) is 14.8. The summed E-state index contributed by atoms with van der Waals surface area (Å²) in [4.78, 5) is 15.0. The van der Waals surface area contributed by atoms with Gasteiger partial charge in [0.05, 0.1) is 28.7 Å². The van der Waals surface area contributed by atoms with Crippen molar-refractivity contribution in [1.29, 1.82) is 0 Å². The summed E-state index contributed by atoms with van der Waals surface area (Å²) in [6, 6.07) is 4.65. The molecule has 0 saturated heterocycles. The number of pyridine rings is 1. The predicted octanol–water partition coefficient (Wildman–Crippen LogP) is 8.01. The summed E-state index contributed by atoms with van der Waals surface area (Å²) >= 11 is 12.9. The van der Waals surface area contributed by atoms with E-state index in [0.29, 0.717) is 45.0 Å². The van der Waals surface area contributed by atoms with Gasteiger partial charge in [0.25, 0.3) is 0 Å². The van der Waals surface area contributed by atoms with Gasteiger partial charge in [-0.25, -0.2) is 4.39 Å². The molecule has 2 heterocycles. The molecule has 0 unspecified atom stereocenters. The maximum absolute atomic E-state index is 14.6. The first kappa shape index (κ1) is 26.5. The van der Waals surface area contributed by atoms with Gasteiger partial charge in [-0.15, -0.1) is 0 Å². The minimum Gasteiger partial charge on any atom is -0.481 e. The number of benzene rings is 1. The van der Waals surface area contributed by atoms with Gasteiger partial charge in [-0.1, -0.05) is 52.6 Å². The highest BCUT2D eigenvalue weighted by molar-refractivity contribution is 6.38. The molecule has 204 valence electrons. The summed E-state index contributed by atoms with van der Waals surface area (Å²) in [6.45, 7) is 0.385. The molecule has 0 amide bonds. The van der Waals surface area contributed by atoms with E-state index in [1.165, 1.54) is 6.07 Å². The Morgan fingerprint density at radius 3 is 2.44 bits per heavy atom. The number of nitrogens with zero attached hydrogens (tertiary/aromatic N) is 2. The molecule has 0 spiro atoms. The molecule has 2 bridgehead atoms. The van der Waals surface area contributed by atoms with E-state index >= 15 is 0 Å². The maximum Gasteiger partial charge on any atom is 0.307 e. The number of hydrogen-bond donors (Lipinski definition) is 1. The molecule has 9 heteroatoms. The first-order valence-corrected chi connectivity index (χ1v) is 14.1. The Kier molecular flexibility index (Phi) is 7.02. The number of aliphatic carboxylic acids is 1. The van der Waals surface area contributed by atoms with Crippen molar-refractivity contribution >= 4 is 35.2 Å². The number of fused-ring (bicyclic) bond motifs is 3. The molecule has 4 aliphatic rings. The van der Waals surface area contributed by atoms with E-state index in [9.17, 15) is 9.18 Å². The zero-order valence-corrected chi connectivity index (χ0v) is 22.9. The van der Waals surface area contributed by atoms with Crippen molar-refractivity contribution in [3.63, 3.8) is 0 Å². The van der Waals surface area contributed by atoms with Gasteiger partial charge in [-0.2, -0.15) is 0 Å². The quantitative estimate of drug-likeness (QED) is 0.280. The lowest BCUT2D eigenvalue weighted by Crippen LogP contribution is -2.46. The Labute approximate surface area is 236 Å². The van der Waals surface area contributed by atoms with Crippen LogP contribution < -0.4 is 0 Å². The third-order valence-electron chi connectivity index (χ3n) is 8.65. The standard InChI is InChI=1S/C30H29Cl2FN2O4/c31-22-15-34-16-23(32)26(22)27-21(28(39-35-27)20-3-4-20)17-38-30-10-7-29(8-11-30,9-12-30)6-5-19-2-1-18(13-24(19)33)14-25(36)37/h1-2,5-6,13,15-16,20H,3-4,7-12,14,17H2,(H,36,37)/b6-5+. The minimum absolute atomic E-state index is 0.0247. The number of rotatable bonds is 9. The Balaban J connectivity index is 1.15. The van der Waals surface area contributed by atoms with Crippen LogP contribution in [0.5, 0.6) is 0 Å². The van der Waals surface area contributed by atoms with Crippen molar-refractivity contribution in [2.75, 3.05) is 0 Å². The molecule has 4 saturated carbocycles. The lowest BCUT2D eigenvalue weighted by molar-refractivity contribution is -0.136. The second kappa shape index (κ2) is 10.3. The molecule has 4 aliphatic carbocycles. The minimum atomic E-state index is -0.972. The highest BCUT2D eigenvalue weighted by Crippen LogP contribution is 2.55. The third-order valence-corrected chi connectivity index (χ3v) is 9.22. The van der Waals surface area contributed by atoms with Gasteiger partial charge in [0, 0.05) is 35.0 Å². The van der Waals surface area contributed by atoms with Crippen LogP contribution in [0.4, 0.5) is 4.39 Å². The van der Waals surface area contributed by atoms with E-state index in [-0.39, 0.29) is 17.4 Å². The molecule has 6 nitrogen and oxygen atoms in total. The van der Waals surface area contributed by atoms with Crippen LogP contribution in [0.2, 0.25) is 10.0 Å². The van der Waals surface area contributed by atoms with Gasteiger partial charge in [0.15, 0.2) is 0 Å². The van der Waals surface area contributed by atoms with Gasteiger partial charge >= 0.3 is 5.97 Å². The van der Waals surface area contributed by atoms with Gasteiger partial charge in [0.2, 0.25) is 0 Å². The Bertz CT molecular complexity index is 1400. The monoisotopic (exact) mass is 570 g/mol. The second-order valence-corrected chi connectivity index (χ2v) is 12.0. The lowest BCUT2D eigenvalue weighted by atomic mass is 9.58. The van der Waals surface area contributed by atoms with Crippen LogP contribution in [0.25, 0.3) is 17.3 Å². The highest BCUT2D eigenvalue weighted by Gasteiger charge is 2.48. The molecule has 0 aliphatic heterocycles. The molecule has 4 fully saturated rings. The summed E-state index contributed by atoms with van der Waals surface area (Å²) < 4.78 is 27.1. The fraction of sp³-hybridized carbons (Fsp3) is 0.433. The summed E-state index contributed by atoms with van der Waals surface area (Å²) in [5.41, 5.74) is 2.94. The number of hydrogen-bond acceptors (Lipinski definition) is 5. The highest BCUT2D eigenvalue weighted by atomic mass is 35.5. The number of aromatic nitrogens is 2. The molecule has 1 N–H and O–H groups in total. The Morgan fingerprint density at radius 2 is 1.82 bits per heavy atom. The number of ether oxygens (including phenoxy) is 1. The van der Waals surface area contributed by atoms with Crippen molar-refractivity contribution < 1.29 is 23.6 Å². The van der Waals surface area contributed by atoms with Crippen molar-refractivity contribution in [2.24, 2.45) is 5.41 Å². The zero-order chi connectivity index (χ0) is 27.2. The largest absolute Gasteiger partial charge is 0.481 e. The smallest absolute Gasteiger partial charge is 0.307 e. The number of carbonyl (C=O) groups is 1. The van der Waals surface area contributed by atoms with Crippen LogP contribution in [0.15, 0.2) is 41.2 Å².